The Labute approximate surface area is 130 Å². The van der Waals surface area contributed by atoms with Gasteiger partial charge in [0.1, 0.15) is 4.99 Å². The molecule has 0 aliphatic carbocycles. The maximum atomic E-state index is 11.9. The van der Waals surface area contributed by atoms with Gasteiger partial charge in [-0.3, -0.25) is 4.79 Å². The summed E-state index contributed by atoms with van der Waals surface area (Å²) < 4.78 is 0. The minimum atomic E-state index is -0.0223. The van der Waals surface area contributed by atoms with Crippen molar-refractivity contribution in [2.75, 3.05) is 24.7 Å². The number of nitrogens with two attached hydrogens (primary N) is 1. The maximum Gasteiger partial charge on any atom is 0.239 e. The molecule has 0 saturated heterocycles. The van der Waals surface area contributed by atoms with Gasteiger partial charge in [0.15, 0.2) is 0 Å². The first-order valence-electron chi connectivity index (χ1n) is 6.34. The van der Waals surface area contributed by atoms with Gasteiger partial charge in [0.05, 0.1) is 6.54 Å². The highest BCUT2D eigenvalue weighted by atomic mass is 32.2. The van der Waals surface area contributed by atoms with E-state index in [1.807, 2.05) is 50.2 Å². The topological polar surface area (TPSA) is 58.4 Å². The molecule has 0 aliphatic heterocycles. The maximum absolute atomic E-state index is 11.9. The quantitative estimate of drug-likeness (QED) is 0.622. The van der Waals surface area contributed by atoms with Crippen LogP contribution in [0, 0.1) is 0 Å². The molecule has 6 heteroatoms. The lowest BCUT2D eigenvalue weighted by atomic mass is 10.1. The van der Waals surface area contributed by atoms with Crippen molar-refractivity contribution in [3.05, 3.63) is 23.8 Å². The first-order valence-corrected chi connectivity index (χ1v) is 7.97. The van der Waals surface area contributed by atoms with E-state index in [0.717, 1.165) is 16.1 Å². The molecular weight excluding hydrogens is 290 g/mol. The second-order valence-electron chi connectivity index (χ2n) is 4.80. The van der Waals surface area contributed by atoms with Crippen LogP contribution in [-0.4, -0.2) is 36.8 Å². The van der Waals surface area contributed by atoms with Gasteiger partial charge in [-0.15, -0.1) is 11.8 Å². The second kappa shape index (κ2) is 7.50. The molecule has 0 radical (unpaired) electrons. The molecule has 0 fully saturated rings. The van der Waals surface area contributed by atoms with E-state index in [9.17, 15) is 4.79 Å². The Bertz CT molecular complexity index is 503. The number of thiocarbonyl (C=S) groups is 1. The van der Waals surface area contributed by atoms with Gasteiger partial charge in [-0.05, 0) is 32.2 Å². The van der Waals surface area contributed by atoms with Gasteiger partial charge in [0, 0.05) is 29.2 Å². The molecule has 0 atom stereocenters. The fraction of sp³-hybridized carbons (Fsp3) is 0.429. The van der Waals surface area contributed by atoms with Crippen LogP contribution in [0.1, 0.15) is 19.4 Å². The molecule has 1 aromatic rings. The summed E-state index contributed by atoms with van der Waals surface area (Å²) >= 11 is 6.73. The molecule has 0 aromatic heterocycles. The lowest BCUT2D eigenvalue weighted by Gasteiger charge is -2.23. The minimum Gasteiger partial charge on any atom is -0.389 e. The van der Waals surface area contributed by atoms with Gasteiger partial charge in [-0.1, -0.05) is 18.3 Å². The summed E-state index contributed by atoms with van der Waals surface area (Å²) in [5.41, 5.74) is 7.54. The number of hydrogen-bond acceptors (Lipinski definition) is 4. The molecule has 0 spiro atoms. The Kier molecular flexibility index (Phi) is 6.29. The fourth-order valence-corrected chi connectivity index (χ4v) is 2.84. The molecule has 110 valence electrons. The van der Waals surface area contributed by atoms with Gasteiger partial charge in [0.2, 0.25) is 5.91 Å². The third-order valence-corrected chi connectivity index (χ3v) is 3.70. The number of rotatable bonds is 6. The number of hydrogen-bond donors (Lipinski definition) is 2. The molecule has 1 rings (SSSR count). The van der Waals surface area contributed by atoms with Gasteiger partial charge in [-0.25, -0.2) is 0 Å². The van der Waals surface area contributed by atoms with Crippen LogP contribution in [0.3, 0.4) is 0 Å². The number of nitrogens with zero attached hydrogens (tertiary/aromatic N) is 1. The van der Waals surface area contributed by atoms with Crippen molar-refractivity contribution < 1.29 is 4.79 Å². The number of thioether (sulfide) groups is 1. The van der Waals surface area contributed by atoms with Crippen molar-refractivity contribution in [2.45, 2.75) is 24.8 Å². The van der Waals surface area contributed by atoms with Crippen LogP contribution < -0.4 is 16.0 Å². The van der Waals surface area contributed by atoms with E-state index in [4.69, 9.17) is 18.0 Å². The number of anilines is 1. The Balaban J connectivity index is 3.01. The number of likely N-dealkylation sites (N-methyl/N-ethyl adjacent to an activating group) is 1. The Morgan fingerprint density at radius 3 is 2.65 bits per heavy atom. The van der Waals surface area contributed by atoms with Crippen LogP contribution in [-0.2, 0) is 4.79 Å². The van der Waals surface area contributed by atoms with E-state index >= 15 is 0 Å². The molecule has 0 saturated carbocycles. The van der Waals surface area contributed by atoms with Crippen molar-refractivity contribution in [3.63, 3.8) is 0 Å². The highest BCUT2D eigenvalue weighted by Gasteiger charge is 2.16. The van der Waals surface area contributed by atoms with E-state index in [-0.39, 0.29) is 18.5 Å². The van der Waals surface area contributed by atoms with Gasteiger partial charge >= 0.3 is 0 Å². The summed E-state index contributed by atoms with van der Waals surface area (Å²) in [5, 5.41) is 2.87. The summed E-state index contributed by atoms with van der Waals surface area (Å²) in [6.07, 6.45) is 1.98. The van der Waals surface area contributed by atoms with Crippen molar-refractivity contribution in [1.29, 1.82) is 0 Å². The number of nitrogens with one attached hydrogen (secondary N) is 1. The third-order valence-electron chi connectivity index (χ3n) is 2.71. The predicted molar refractivity (Wildman–Crippen MR) is 90.7 cm³/mol. The molecule has 0 aliphatic rings. The normalized spacial score (nSPS) is 10.4. The first kappa shape index (κ1) is 16.8. The zero-order valence-corrected chi connectivity index (χ0v) is 13.9. The zero-order valence-electron chi connectivity index (χ0n) is 12.3. The van der Waals surface area contributed by atoms with Crippen molar-refractivity contribution in [3.8, 4) is 0 Å². The van der Waals surface area contributed by atoms with Crippen LogP contribution in [0.4, 0.5) is 5.69 Å². The summed E-state index contributed by atoms with van der Waals surface area (Å²) in [4.78, 5) is 15.1. The Morgan fingerprint density at radius 1 is 1.50 bits per heavy atom. The highest BCUT2D eigenvalue weighted by Crippen LogP contribution is 2.29. The number of amides is 1. The molecule has 1 amide bonds. The van der Waals surface area contributed by atoms with Crippen LogP contribution >= 0.6 is 24.0 Å². The van der Waals surface area contributed by atoms with Gasteiger partial charge in [0.25, 0.3) is 0 Å². The molecule has 3 N–H and O–H groups in total. The van der Waals surface area contributed by atoms with Crippen LogP contribution in [0.25, 0.3) is 0 Å². The Morgan fingerprint density at radius 2 is 2.15 bits per heavy atom. The summed E-state index contributed by atoms with van der Waals surface area (Å²) in [6.45, 7) is 4.14. The average Bonchev–Trinajstić information content (AvgIpc) is 2.36. The molecule has 0 bridgehead atoms. The Hall–Kier alpha value is -1.27. The van der Waals surface area contributed by atoms with E-state index in [1.54, 1.807) is 11.8 Å². The van der Waals surface area contributed by atoms with Crippen LogP contribution in [0.15, 0.2) is 23.1 Å². The predicted octanol–water partition coefficient (Wildman–Crippen LogP) is 2.00. The third kappa shape index (κ3) is 4.38. The summed E-state index contributed by atoms with van der Waals surface area (Å²) in [5.74, 6) is -0.0223. The van der Waals surface area contributed by atoms with E-state index in [1.165, 1.54) is 0 Å². The number of carbonyl (C=O) groups is 1. The largest absolute Gasteiger partial charge is 0.389 e. The van der Waals surface area contributed by atoms with Crippen molar-refractivity contribution >= 4 is 40.6 Å². The molecular formula is C14H21N3OS2. The molecule has 0 heterocycles. The summed E-state index contributed by atoms with van der Waals surface area (Å²) in [7, 11) is 1.86. The average molecular weight is 311 g/mol. The second-order valence-corrected chi connectivity index (χ2v) is 6.08. The van der Waals surface area contributed by atoms with Gasteiger partial charge < -0.3 is 16.0 Å². The number of benzene rings is 1. The van der Waals surface area contributed by atoms with Crippen molar-refractivity contribution in [1.82, 2.24) is 5.32 Å². The first-order chi connectivity index (χ1) is 9.36. The lowest BCUT2D eigenvalue weighted by molar-refractivity contribution is -0.120. The van der Waals surface area contributed by atoms with Crippen LogP contribution in [0.5, 0.6) is 0 Å². The lowest BCUT2D eigenvalue weighted by Crippen LogP contribution is -2.39. The van der Waals surface area contributed by atoms with Crippen molar-refractivity contribution in [2.24, 2.45) is 5.73 Å². The SMILES string of the molecule is CSc1cccc(N(C)CC(=O)NC(C)C)c1C(N)=S. The molecule has 0 unspecified atom stereocenters. The fourth-order valence-electron chi connectivity index (χ4n) is 1.92. The summed E-state index contributed by atoms with van der Waals surface area (Å²) in [6, 6.07) is 5.98. The van der Waals surface area contributed by atoms with Gasteiger partial charge in [-0.2, -0.15) is 0 Å². The van der Waals surface area contributed by atoms with Crippen LogP contribution in [0.2, 0.25) is 0 Å². The monoisotopic (exact) mass is 311 g/mol. The molecule has 20 heavy (non-hydrogen) atoms. The minimum absolute atomic E-state index is 0.0223. The van der Waals surface area contributed by atoms with E-state index in [0.29, 0.717) is 4.99 Å². The number of carbonyl (C=O) groups excluding carboxylic acids is 1. The smallest absolute Gasteiger partial charge is 0.239 e. The van der Waals surface area contributed by atoms with E-state index < -0.39 is 0 Å². The molecule has 4 nitrogen and oxygen atoms in total. The standard InChI is InChI=1S/C14H21N3OS2/c1-9(2)16-12(18)8-17(3)10-6-5-7-11(20-4)13(10)14(15)19/h5-7,9H,8H2,1-4H3,(H2,15,19)(H,16,18). The molecule has 1 aromatic carbocycles. The highest BCUT2D eigenvalue weighted by molar-refractivity contribution is 7.98. The van der Waals surface area contributed by atoms with E-state index in [2.05, 4.69) is 5.32 Å². The zero-order chi connectivity index (χ0) is 15.3.